The lowest BCUT2D eigenvalue weighted by molar-refractivity contribution is 0.291. The molecule has 0 bridgehead atoms. The summed E-state index contributed by atoms with van der Waals surface area (Å²) in [6.45, 7) is 5.17. The number of benzene rings is 1. The summed E-state index contributed by atoms with van der Waals surface area (Å²) in [6.07, 6.45) is 3.33. The van der Waals surface area contributed by atoms with Gasteiger partial charge < -0.3 is 15.0 Å². The maximum atomic E-state index is 13.1. The summed E-state index contributed by atoms with van der Waals surface area (Å²) < 4.78 is 18.8. The van der Waals surface area contributed by atoms with E-state index in [-0.39, 0.29) is 12.4 Å². The molecular weight excluding hydrogens is 283 g/mol. The van der Waals surface area contributed by atoms with Crippen LogP contribution >= 0.6 is 0 Å². The molecule has 116 valence electrons. The predicted molar refractivity (Wildman–Crippen MR) is 82.4 cm³/mol. The molecule has 1 N–H and O–H groups in total. The molecule has 1 aliphatic heterocycles. The third kappa shape index (κ3) is 3.51. The Hall–Kier alpha value is -2.21. The minimum absolute atomic E-state index is 0.268. The van der Waals surface area contributed by atoms with E-state index in [2.05, 4.69) is 27.1 Å². The van der Waals surface area contributed by atoms with Gasteiger partial charge in [-0.05, 0) is 24.6 Å². The van der Waals surface area contributed by atoms with E-state index >= 15 is 0 Å². The Kier molecular flexibility index (Phi) is 4.48. The molecule has 1 fully saturated rings. The van der Waals surface area contributed by atoms with Gasteiger partial charge in [0, 0.05) is 25.7 Å². The molecule has 0 radical (unpaired) electrons. The molecule has 1 atom stereocenters. The second kappa shape index (κ2) is 6.70. The van der Waals surface area contributed by atoms with Crippen molar-refractivity contribution < 1.29 is 9.13 Å². The van der Waals surface area contributed by atoms with Crippen LogP contribution in [0.15, 0.2) is 36.7 Å². The van der Waals surface area contributed by atoms with E-state index in [0.29, 0.717) is 11.9 Å². The maximum Gasteiger partial charge on any atom is 0.234 e. The predicted octanol–water partition coefficient (Wildman–Crippen LogP) is 1.99. The van der Waals surface area contributed by atoms with E-state index in [1.807, 2.05) is 6.07 Å². The van der Waals surface area contributed by atoms with Gasteiger partial charge in [-0.2, -0.15) is 4.98 Å². The summed E-state index contributed by atoms with van der Waals surface area (Å²) in [7, 11) is 0. The molecule has 22 heavy (non-hydrogen) atoms. The Balaban J connectivity index is 1.68. The van der Waals surface area contributed by atoms with Gasteiger partial charge >= 0.3 is 0 Å². The Labute approximate surface area is 129 Å². The van der Waals surface area contributed by atoms with Crippen molar-refractivity contribution >= 4 is 5.82 Å². The van der Waals surface area contributed by atoms with Crippen molar-refractivity contribution in [2.24, 2.45) is 0 Å². The molecule has 0 spiro atoms. The molecule has 0 unspecified atom stereocenters. The van der Waals surface area contributed by atoms with E-state index < -0.39 is 0 Å². The number of nitrogens with zero attached hydrogens (tertiary/aromatic N) is 3. The van der Waals surface area contributed by atoms with Crippen LogP contribution < -0.4 is 15.0 Å². The fourth-order valence-corrected chi connectivity index (χ4v) is 2.51. The highest BCUT2D eigenvalue weighted by Crippen LogP contribution is 2.18. The molecule has 0 aliphatic carbocycles. The van der Waals surface area contributed by atoms with E-state index in [0.717, 1.165) is 31.0 Å². The van der Waals surface area contributed by atoms with E-state index in [1.165, 1.54) is 12.1 Å². The highest BCUT2D eigenvalue weighted by molar-refractivity contribution is 5.39. The van der Waals surface area contributed by atoms with Crippen LogP contribution in [0, 0.1) is 5.82 Å². The van der Waals surface area contributed by atoms with Gasteiger partial charge in [0.25, 0.3) is 0 Å². The molecule has 2 heterocycles. The van der Waals surface area contributed by atoms with Gasteiger partial charge in [-0.25, -0.2) is 4.39 Å². The van der Waals surface area contributed by atoms with Crippen LogP contribution in [0.1, 0.15) is 12.5 Å². The third-order valence-electron chi connectivity index (χ3n) is 3.67. The highest BCUT2D eigenvalue weighted by atomic mass is 19.1. The summed E-state index contributed by atoms with van der Waals surface area (Å²) >= 11 is 0. The topological polar surface area (TPSA) is 50.3 Å². The highest BCUT2D eigenvalue weighted by Gasteiger charge is 2.19. The summed E-state index contributed by atoms with van der Waals surface area (Å²) in [6, 6.07) is 6.71. The molecular formula is C16H19FN4O. The molecule has 0 amide bonds. The van der Waals surface area contributed by atoms with Crippen LogP contribution in [-0.2, 0) is 6.61 Å². The fourth-order valence-electron chi connectivity index (χ4n) is 2.51. The molecule has 2 aromatic rings. The number of piperazine rings is 1. The van der Waals surface area contributed by atoms with Crippen molar-refractivity contribution in [2.45, 2.75) is 19.6 Å². The van der Waals surface area contributed by atoms with E-state index in [1.54, 1.807) is 18.5 Å². The number of ether oxygens (including phenoxy) is 1. The molecule has 3 rings (SSSR count). The van der Waals surface area contributed by atoms with E-state index in [4.69, 9.17) is 4.74 Å². The average Bonchev–Trinajstić information content (AvgIpc) is 2.54. The van der Waals surface area contributed by atoms with Crippen LogP contribution in [0.25, 0.3) is 0 Å². The lowest BCUT2D eigenvalue weighted by Gasteiger charge is -2.34. The second-order valence-corrected chi connectivity index (χ2v) is 5.38. The summed E-state index contributed by atoms with van der Waals surface area (Å²) in [5, 5.41) is 3.34. The molecule has 0 saturated carbocycles. The molecule has 1 saturated heterocycles. The summed E-state index contributed by atoms with van der Waals surface area (Å²) in [5.74, 6) is 0.994. The van der Waals surface area contributed by atoms with Gasteiger partial charge in [0.15, 0.2) is 5.82 Å². The first kappa shape index (κ1) is 14.7. The molecule has 6 heteroatoms. The van der Waals surface area contributed by atoms with Gasteiger partial charge in [0.05, 0.1) is 12.4 Å². The monoisotopic (exact) mass is 302 g/mol. The molecule has 1 aromatic heterocycles. The number of halogens is 1. The number of aromatic nitrogens is 2. The van der Waals surface area contributed by atoms with Crippen LogP contribution in [0.5, 0.6) is 5.88 Å². The average molecular weight is 302 g/mol. The minimum atomic E-state index is -0.268. The van der Waals surface area contributed by atoms with Crippen molar-refractivity contribution in [1.29, 1.82) is 0 Å². The summed E-state index contributed by atoms with van der Waals surface area (Å²) in [5.41, 5.74) is 0.766. The van der Waals surface area contributed by atoms with Crippen molar-refractivity contribution in [3.8, 4) is 5.88 Å². The largest absolute Gasteiger partial charge is 0.472 e. The molecule has 5 nitrogen and oxygen atoms in total. The maximum absolute atomic E-state index is 13.1. The fraction of sp³-hybridized carbons (Fsp3) is 0.375. The lowest BCUT2D eigenvalue weighted by atomic mass is 10.2. The SMILES string of the molecule is C[C@@H]1CNCCN1c1cncc(OCc2cccc(F)c2)n1. The molecule has 1 aliphatic rings. The first-order valence-corrected chi connectivity index (χ1v) is 7.39. The number of hydrogen-bond donors (Lipinski definition) is 1. The van der Waals surface area contributed by atoms with Gasteiger partial charge in [0.2, 0.25) is 5.88 Å². The lowest BCUT2D eigenvalue weighted by Crippen LogP contribution is -2.50. The zero-order chi connectivity index (χ0) is 15.4. The second-order valence-electron chi connectivity index (χ2n) is 5.38. The number of anilines is 1. The Bertz CT molecular complexity index is 637. The van der Waals surface area contributed by atoms with Crippen molar-refractivity contribution in [1.82, 2.24) is 15.3 Å². The minimum Gasteiger partial charge on any atom is -0.472 e. The van der Waals surface area contributed by atoms with Crippen LogP contribution in [-0.4, -0.2) is 35.6 Å². The zero-order valence-electron chi connectivity index (χ0n) is 12.5. The molecule has 1 aromatic carbocycles. The van der Waals surface area contributed by atoms with Gasteiger partial charge in [-0.15, -0.1) is 0 Å². The number of rotatable bonds is 4. The van der Waals surface area contributed by atoms with Gasteiger partial charge in [-0.1, -0.05) is 12.1 Å². The standard InChI is InChI=1S/C16H19FN4O/c1-12-8-18-5-6-21(12)15-9-19-10-16(20-15)22-11-13-3-2-4-14(17)7-13/h2-4,7,9-10,12,18H,5-6,8,11H2,1H3/t12-/m1/s1. The van der Waals surface area contributed by atoms with Crippen molar-refractivity contribution in [2.75, 3.05) is 24.5 Å². The quantitative estimate of drug-likeness (QED) is 0.936. The summed E-state index contributed by atoms with van der Waals surface area (Å²) in [4.78, 5) is 10.9. The van der Waals surface area contributed by atoms with Gasteiger partial charge in [-0.3, -0.25) is 4.98 Å². The number of hydrogen-bond acceptors (Lipinski definition) is 5. The zero-order valence-corrected chi connectivity index (χ0v) is 12.5. The van der Waals surface area contributed by atoms with Crippen LogP contribution in [0.3, 0.4) is 0 Å². The van der Waals surface area contributed by atoms with E-state index in [9.17, 15) is 4.39 Å². The first-order valence-electron chi connectivity index (χ1n) is 7.39. The van der Waals surface area contributed by atoms with Crippen molar-refractivity contribution in [3.63, 3.8) is 0 Å². The Morgan fingerprint density at radius 1 is 1.41 bits per heavy atom. The first-order chi connectivity index (χ1) is 10.7. The number of nitrogens with one attached hydrogen (secondary N) is 1. The van der Waals surface area contributed by atoms with Gasteiger partial charge in [0.1, 0.15) is 12.4 Å². The normalized spacial score (nSPS) is 18.3. The smallest absolute Gasteiger partial charge is 0.234 e. The Morgan fingerprint density at radius 2 is 2.32 bits per heavy atom. The Morgan fingerprint density at radius 3 is 3.14 bits per heavy atom. The van der Waals surface area contributed by atoms with Crippen LogP contribution in [0.4, 0.5) is 10.2 Å². The van der Waals surface area contributed by atoms with Crippen LogP contribution in [0.2, 0.25) is 0 Å². The van der Waals surface area contributed by atoms with Crippen molar-refractivity contribution in [3.05, 3.63) is 48.0 Å². The third-order valence-corrected chi connectivity index (χ3v) is 3.67.